The fraction of sp³-hybridized carbons (Fsp3) is 0.200. The van der Waals surface area contributed by atoms with Crippen molar-refractivity contribution in [3.8, 4) is 17.0 Å². The van der Waals surface area contributed by atoms with Crippen LogP contribution in [0.3, 0.4) is 0 Å². The van der Waals surface area contributed by atoms with E-state index in [2.05, 4.69) is 26.2 Å². The molecule has 3 aromatic rings. The molecule has 0 saturated heterocycles. The number of thioether (sulfide) groups is 1. The van der Waals surface area contributed by atoms with Gasteiger partial charge in [0.05, 0.1) is 12.8 Å². The van der Waals surface area contributed by atoms with Gasteiger partial charge in [0, 0.05) is 26.7 Å². The molecule has 0 unspecified atom stereocenters. The zero-order chi connectivity index (χ0) is 19.1. The number of nitrogens with zero attached hydrogens (tertiary/aromatic N) is 1. The molecule has 1 amide bonds. The van der Waals surface area contributed by atoms with Crippen LogP contribution in [0.5, 0.6) is 5.75 Å². The summed E-state index contributed by atoms with van der Waals surface area (Å²) < 4.78 is 6.18. The average molecular weight is 463 g/mol. The normalized spacial score (nSPS) is 10.6. The molecule has 0 fully saturated rings. The number of anilines is 1. The van der Waals surface area contributed by atoms with Gasteiger partial charge in [-0.05, 0) is 48.6 Å². The van der Waals surface area contributed by atoms with Crippen LogP contribution in [0.2, 0.25) is 0 Å². The van der Waals surface area contributed by atoms with Crippen LogP contribution in [0.25, 0.3) is 11.3 Å². The Morgan fingerprint density at radius 2 is 1.93 bits per heavy atom. The van der Waals surface area contributed by atoms with Gasteiger partial charge in [-0.15, -0.1) is 23.1 Å². The van der Waals surface area contributed by atoms with Gasteiger partial charge in [0.2, 0.25) is 5.91 Å². The lowest BCUT2D eigenvalue weighted by atomic mass is 10.2. The summed E-state index contributed by atoms with van der Waals surface area (Å²) in [6, 6.07) is 15.9. The first-order valence-corrected chi connectivity index (χ1v) is 11.1. The highest BCUT2D eigenvalue weighted by Crippen LogP contribution is 2.26. The van der Waals surface area contributed by atoms with E-state index in [4.69, 9.17) is 4.74 Å². The van der Waals surface area contributed by atoms with Crippen molar-refractivity contribution < 1.29 is 9.53 Å². The van der Waals surface area contributed by atoms with E-state index in [9.17, 15) is 4.79 Å². The van der Waals surface area contributed by atoms with Gasteiger partial charge in [-0.2, -0.15) is 0 Å². The molecular weight excluding hydrogens is 444 g/mol. The summed E-state index contributed by atoms with van der Waals surface area (Å²) in [5.74, 6) is 1.74. The fourth-order valence-electron chi connectivity index (χ4n) is 2.36. The molecule has 4 nitrogen and oxygen atoms in total. The number of aromatic nitrogens is 1. The Morgan fingerprint density at radius 1 is 1.19 bits per heavy atom. The Bertz CT molecular complexity index is 880. The molecule has 0 aliphatic carbocycles. The van der Waals surface area contributed by atoms with Crippen molar-refractivity contribution >= 4 is 50.1 Å². The average Bonchev–Trinajstić information content (AvgIpc) is 3.14. The van der Waals surface area contributed by atoms with E-state index in [0.29, 0.717) is 11.6 Å². The van der Waals surface area contributed by atoms with E-state index in [0.717, 1.165) is 33.7 Å². The molecule has 0 aliphatic rings. The lowest BCUT2D eigenvalue weighted by Crippen LogP contribution is -2.11. The van der Waals surface area contributed by atoms with Crippen molar-refractivity contribution in [2.24, 2.45) is 0 Å². The highest BCUT2D eigenvalue weighted by atomic mass is 79.9. The summed E-state index contributed by atoms with van der Waals surface area (Å²) in [6.07, 6.45) is 1.30. The third kappa shape index (κ3) is 6.09. The van der Waals surface area contributed by atoms with Crippen molar-refractivity contribution in [3.05, 3.63) is 58.4 Å². The van der Waals surface area contributed by atoms with Crippen LogP contribution >= 0.6 is 39.0 Å². The van der Waals surface area contributed by atoms with Gasteiger partial charge in [0.25, 0.3) is 0 Å². The van der Waals surface area contributed by atoms with Crippen molar-refractivity contribution in [3.63, 3.8) is 0 Å². The number of methoxy groups -OCH3 is 1. The van der Waals surface area contributed by atoms with Crippen molar-refractivity contribution in [2.75, 3.05) is 18.2 Å². The third-order valence-corrected chi connectivity index (χ3v) is 6.15. The summed E-state index contributed by atoms with van der Waals surface area (Å²) in [5.41, 5.74) is 1.91. The minimum atomic E-state index is 0.00189. The first-order chi connectivity index (χ1) is 13.1. The second-order valence-corrected chi connectivity index (χ2v) is 8.66. The predicted molar refractivity (Wildman–Crippen MR) is 117 cm³/mol. The minimum absolute atomic E-state index is 0.00189. The van der Waals surface area contributed by atoms with E-state index in [1.54, 1.807) is 18.9 Å². The maximum Gasteiger partial charge on any atom is 0.226 e. The van der Waals surface area contributed by atoms with Crippen LogP contribution in [0, 0.1) is 0 Å². The Hall–Kier alpha value is -1.83. The van der Waals surface area contributed by atoms with E-state index in [-0.39, 0.29) is 5.91 Å². The fourth-order valence-corrected chi connectivity index (χ4v) is 4.21. The number of benzene rings is 2. The van der Waals surface area contributed by atoms with E-state index < -0.39 is 0 Å². The number of rotatable bonds is 8. The molecule has 0 atom stereocenters. The molecule has 2 aromatic carbocycles. The molecule has 1 heterocycles. The highest BCUT2D eigenvalue weighted by Gasteiger charge is 2.08. The van der Waals surface area contributed by atoms with Gasteiger partial charge >= 0.3 is 0 Å². The summed E-state index contributed by atoms with van der Waals surface area (Å²) in [5, 5.41) is 5.49. The van der Waals surface area contributed by atoms with Crippen LogP contribution in [0.4, 0.5) is 5.13 Å². The largest absolute Gasteiger partial charge is 0.497 e. The maximum atomic E-state index is 12.1. The number of hydrogen-bond donors (Lipinski definition) is 1. The smallest absolute Gasteiger partial charge is 0.226 e. The van der Waals surface area contributed by atoms with Gasteiger partial charge in [-0.1, -0.05) is 28.1 Å². The molecular formula is C20H19BrN2O2S2. The SMILES string of the molecule is COc1ccc(SCCCC(=O)Nc2nc(-c3ccc(Br)cc3)cs2)cc1. The molecule has 27 heavy (non-hydrogen) atoms. The van der Waals surface area contributed by atoms with Crippen LogP contribution < -0.4 is 10.1 Å². The topological polar surface area (TPSA) is 51.2 Å². The number of thiazole rings is 1. The molecule has 1 N–H and O–H groups in total. The van der Waals surface area contributed by atoms with Crippen LogP contribution in [0.1, 0.15) is 12.8 Å². The number of carbonyl (C=O) groups is 1. The lowest BCUT2D eigenvalue weighted by molar-refractivity contribution is -0.116. The second-order valence-electron chi connectivity index (χ2n) is 5.72. The van der Waals surface area contributed by atoms with Crippen LogP contribution in [-0.2, 0) is 4.79 Å². The van der Waals surface area contributed by atoms with E-state index >= 15 is 0 Å². The summed E-state index contributed by atoms with van der Waals surface area (Å²) >= 11 is 6.61. The van der Waals surface area contributed by atoms with Crippen LogP contribution in [-0.4, -0.2) is 23.8 Å². The summed E-state index contributed by atoms with van der Waals surface area (Å²) in [7, 11) is 1.66. The molecule has 3 rings (SSSR count). The Labute approximate surface area is 175 Å². The number of ether oxygens (including phenoxy) is 1. The number of amides is 1. The third-order valence-electron chi connectivity index (χ3n) is 3.77. The van der Waals surface area contributed by atoms with Crippen molar-refractivity contribution in [1.82, 2.24) is 4.98 Å². The molecule has 1 aromatic heterocycles. The maximum absolute atomic E-state index is 12.1. The van der Waals surface area contributed by atoms with Gasteiger partial charge < -0.3 is 10.1 Å². The summed E-state index contributed by atoms with van der Waals surface area (Å²) in [6.45, 7) is 0. The van der Waals surface area contributed by atoms with Crippen molar-refractivity contribution in [2.45, 2.75) is 17.7 Å². The first kappa shape index (κ1) is 19.9. The zero-order valence-corrected chi connectivity index (χ0v) is 18.0. The first-order valence-electron chi connectivity index (χ1n) is 8.42. The van der Waals surface area contributed by atoms with E-state index in [1.807, 2.05) is 53.9 Å². The Balaban J connectivity index is 1.42. The lowest BCUT2D eigenvalue weighted by Gasteiger charge is -2.04. The molecule has 0 saturated carbocycles. The monoisotopic (exact) mass is 462 g/mol. The van der Waals surface area contributed by atoms with Gasteiger partial charge in [-0.3, -0.25) is 4.79 Å². The number of halogens is 1. The minimum Gasteiger partial charge on any atom is -0.497 e. The second kappa shape index (κ2) is 9.92. The highest BCUT2D eigenvalue weighted by molar-refractivity contribution is 9.10. The molecule has 7 heteroatoms. The number of nitrogens with one attached hydrogen (secondary N) is 1. The van der Waals surface area contributed by atoms with Crippen molar-refractivity contribution in [1.29, 1.82) is 0 Å². The van der Waals surface area contributed by atoms with Crippen LogP contribution in [0.15, 0.2) is 63.3 Å². The zero-order valence-electron chi connectivity index (χ0n) is 14.8. The summed E-state index contributed by atoms with van der Waals surface area (Å²) in [4.78, 5) is 17.8. The number of hydrogen-bond acceptors (Lipinski definition) is 5. The van der Waals surface area contributed by atoms with Gasteiger partial charge in [-0.25, -0.2) is 4.98 Å². The molecule has 0 radical (unpaired) electrons. The molecule has 0 spiro atoms. The predicted octanol–water partition coefficient (Wildman–Crippen LogP) is 6.09. The van der Waals surface area contributed by atoms with Gasteiger partial charge in [0.1, 0.15) is 5.75 Å². The van der Waals surface area contributed by atoms with E-state index in [1.165, 1.54) is 16.2 Å². The number of carbonyl (C=O) groups excluding carboxylic acids is 1. The molecule has 0 aliphatic heterocycles. The quantitative estimate of drug-likeness (QED) is 0.324. The van der Waals surface area contributed by atoms with Gasteiger partial charge in [0.15, 0.2) is 5.13 Å². The molecule has 140 valence electrons. The molecule has 0 bridgehead atoms. The standard InChI is InChI=1S/C20H19BrN2O2S2/c1-25-16-8-10-17(11-9-16)26-12-2-3-19(24)23-20-22-18(13-27-20)14-4-6-15(21)7-5-14/h4-11,13H,2-3,12H2,1H3,(H,22,23,24). The Morgan fingerprint density at radius 3 is 2.63 bits per heavy atom. The Kier molecular flexibility index (Phi) is 7.32.